The number of thioether (sulfide) groups is 1. The van der Waals surface area contributed by atoms with Crippen molar-refractivity contribution in [1.29, 1.82) is 0 Å². The summed E-state index contributed by atoms with van der Waals surface area (Å²) in [6.07, 6.45) is 3.70. The molecule has 2 aliphatic rings. The first-order valence-corrected chi connectivity index (χ1v) is 6.54. The van der Waals surface area contributed by atoms with E-state index in [0.717, 1.165) is 31.0 Å². The molecule has 1 aromatic rings. The monoisotopic (exact) mass is 256 g/mol. The second-order valence-corrected chi connectivity index (χ2v) is 5.24. The fourth-order valence-electron chi connectivity index (χ4n) is 2.46. The van der Waals surface area contributed by atoms with Gasteiger partial charge in [-0.25, -0.2) is 0 Å². The predicted octanol–water partition coefficient (Wildman–Crippen LogP) is 1.28. The van der Waals surface area contributed by atoms with E-state index < -0.39 is 5.97 Å². The Morgan fingerprint density at radius 2 is 2.41 bits per heavy atom. The minimum atomic E-state index is -0.891. The van der Waals surface area contributed by atoms with Crippen LogP contribution in [0.5, 0.6) is 0 Å². The molecular formula is C10H12N2O4S. The van der Waals surface area contributed by atoms with E-state index in [2.05, 4.69) is 10.1 Å². The second kappa shape index (κ2) is 4.30. The van der Waals surface area contributed by atoms with Crippen LogP contribution in [0.2, 0.25) is 0 Å². The average molecular weight is 256 g/mol. The van der Waals surface area contributed by atoms with E-state index in [4.69, 9.17) is 14.4 Å². The molecule has 0 amide bonds. The number of ether oxygens (including phenoxy) is 1. The number of fused-ring (bicyclic) bond motifs is 2. The lowest BCUT2D eigenvalue weighted by Gasteiger charge is -2.13. The quantitative estimate of drug-likeness (QED) is 0.812. The van der Waals surface area contributed by atoms with E-state index in [-0.39, 0.29) is 17.8 Å². The van der Waals surface area contributed by atoms with Gasteiger partial charge in [-0.05, 0) is 19.3 Å². The molecule has 0 aliphatic carbocycles. The summed E-state index contributed by atoms with van der Waals surface area (Å²) in [4.78, 5) is 14.6. The Hall–Kier alpha value is -1.08. The van der Waals surface area contributed by atoms with Crippen LogP contribution in [0.15, 0.2) is 9.75 Å². The Balaban J connectivity index is 1.66. The minimum Gasteiger partial charge on any atom is -0.481 e. The zero-order valence-corrected chi connectivity index (χ0v) is 9.85. The normalized spacial score (nSPS) is 30.9. The van der Waals surface area contributed by atoms with Crippen LogP contribution in [0.4, 0.5) is 0 Å². The van der Waals surface area contributed by atoms with Crippen molar-refractivity contribution in [2.75, 3.05) is 5.75 Å². The molecule has 0 aromatic carbocycles. The summed E-state index contributed by atoms with van der Waals surface area (Å²) in [6, 6.07) is 0. The molecule has 0 radical (unpaired) electrons. The summed E-state index contributed by atoms with van der Waals surface area (Å²) in [5.41, 5.74) is 0. The molecule has 3 heterocycles. The number of hydrogen-bond donors (Lipinski definition) is 1. The number of carbonyl (C=O) groups is 1. The molecule has 0 spiro atoms. The average Bonchev–Trinajstić information content (AvgIpc) is 3.01. The van der Waals surface area contributed by atoms with E-state index in [1.54, 1.807) is 0 Å². The van der Waals surface area contributed by atoms with E-state index in [1.165, 1.54) is 0 Å². The predicted molar refractivity (Wildman–Crippen MR) is 57.9 cm³/mol. The number of nitrogens with zero attached hydrogens (tertiary/aromatic N) is 2. The van der Waals surface area contributed by atoms with Gasteiger partial charge >= 0.3 is 5.97 Å². The maximum absolute atomic E-state index is 10.4. The molecule has 3 unspecified atom stereocenters. The van der Waals surface area contributed by atoms with Gasteiger partial charge in [-0.1, -0.05) is 16.9 Å². The second-order valence-electron chi connectivity index (χ2n) is 4.32. The maximum Gasteiger partial charge on any atom is 0.314 e. The lowest BCUT2D eigenvalue weighted by molar-refractivity contribution is -0.133. The van der Waals surface area contributed by atoms with Crippen molar-refractivity contribution >= 4 is 17.7 Å². The Morgan fingerprint density at radius 3 is 3.06 bits per heavy atom. The van der Waals surface area contributed by atoms with Gasteiger partial charge in [-0.3, -0.25) is 4.79 Å². The van der Waals surface area contributed by atoms with Gasteiger partial charge in [-0.2, -0.15) is 4.98 Å². The Labute approximate surface area is 102 Å². The summed E-state index contributed by atoms with van der Waals surface area (Å²) in [5, 5.41) is 12.8. The van der Waals surface area contributed by atoms with Gasteiger partial charge in [0.25, 0.3) is 5.22 Å². The number of aliphatic carboxylic acids is 1. The largest absolute Gasteiger partial charge is 0.481 e. The van der Waals surface area contributed by atoms with Crippen LogP contribution >= 0.6 is 11.8 Å². The fraction of sp³-hybridized carbons (Fsp3) is 0.700. The topological polar surface area (TPSA) is 85.5 Å². The molecule has 6 nitrogen and oxygen atoms in total. The molecule has 1 N–H and O–H groups in total. The Kier molecular flexibility index (Phi) is 2.79. The van der Waals surface area contributed by atoms with Crippen molar-refractivity contribution < 1.29 is 19.2 Å². The first-order valence-electron chi connectivity index (χ1n) is 5.56. The summed E-state index contributed by atoms with van der Waals surface area (Å²) < 4.78 is 10.7. The van der Waals surface area contributed by atoms with Crippen LogP contribution < -0.4 is 0 Å². The van der Waals surface area contributed by atoms with Crippen molar-refractivity contribution in [2.45, 2.75) is 42.6 Å². The Morgan fingerprint density at radius 1 is 1.53 bits per heavy atom. The molecule has 2 fully saturated rings. The Bertz CT molecular complexity index is 436. The number of rotatable bonds is 4. The zero-order valence-electron chi connectivity index (χ0n) is 9.04. The molecule has 17 heavy (non-hydrogen) atoms. The molecule has 0 saturated carbocycles. The third-order valence-electron chi connectivity index (χ3n) is 3.18. The van der Waals surface area contributed by atoms with Gasteiger partial charge < -0.3 is 14.4 Å². The smallest absolute Gasteiger partial charge is 0.314 e. The van der Waals surface area contributed by atoms with Gasteiger partial charge in [0.15, 0.2) is 5.82 Å². The van der Waals surface area contributed by atoms with Crippen LogP contribution in [-0.4, -0.2) is 39.2 Å². The van der Waals surface area contributed by atoms with E-state index in [9.17, 15) is 4.79 Å². The molecule has 1 aromatic heterocycles. The number of hydrogen-bond acceptors (Lipinski definition) is 6. The van der Waals surface area contributed by atoms with Gasteiger partial charge in [0.1, 0.15) is 5.75 Å². The van der Waals surface area contributed by atoms with Crippen LogP contribution in [-0.2, 0) is 9.53 Å². The molecule has 2 bridgehead atoms. The number of carboxylic acids is 1. The van der Waals surface area contributed by atoms with Gasteiger partial charge in [0.05, 0.1) is 18.1 Å². The van der Waals surface area contributed by atoms with Crippen LogP contribution in [0.1, 0.15) is 31.0 Å². The van der Waals surface area contributed by atoms with Crippen molar-refractivity contribution in [3.05, 3.63) is 5.82 Å². The highest BCUT2D eigenvalue weighted by Crippen LogP contribution is 2.43. The van der Waals surface area contributed by atoms with Gasteiger partial charge in [0.2, 0.25) is 0 Å². The summed E-state index contributed by atoms with van der Waals surface area (Å²) in [5.74, 6) is -0.0748. The molecular weight excluding hydrogens is 244 g/mol. The van der Waals surface area contributed by atoms with Crippen molar-refractivity contribution in [1.82, 2.24) is 10.1 Å². The van der Waals surface area contributed by atoms with Crippen molar-refractivity contribution in [3.63, 3.8) is 0 Å². The third-order valence-corrected chi connectivity index (χ3v) is 3.98. The first-order chi connectivity index (χ1) is 8.22. The lowest BCUT2D eigenvalue weighted by Crippen LogP contribution is -2.15. The standard InChI is InChI=1S/C10H12N2O4S/c13-8(14)4-17-10-11-9(12-16-10)6-3-5-1-2-7(6)15-5/h5-7H,1-4H2,(H,13,14). The van der Waals surface area contributed by atoms with Crippen LogP contribution in [0.25, 0.3) is 0 Å². The summed E-state index contributed by atoms with van der Waals surface area (Å²) in [7, 11) is 0. The molecule has 92 valence electrons. The fourth-order valence-corrected chi connectivity index (χ4v) is 2.96. The highest BCUT2D eigenvalue weighted by atomic mass is 32.2. The minimum absolute atomic E-state index is 0.0607. The lowest BCUT2D eigenvalue weighted by atomic mass is 9.89. The molecule has 3 rings (SSSR count). The zero-order chi connectivity index (χ0) is 11.8. The van der Waals surface area contributed by atoms with Crippen molar-refractivity contribution in [2.24, 2.45) is 0 Å². The molecule has 7 heteroatoms. The van der Waals surface area contributed by atoms with E-state index in [0.29, 0.717) is 17.2 Å². The number of aromatic nitrogens is 2. The first kappa shape index (κ1) is 11.0. The van der Waals surface area contributed by atoms with Gasteiger partial charge in [-0.15, -0.1) is 0 Å². The summed E-state index contributed by atoms with van der Waals surface area (Å²) in [6.45, 7) is 0. The van der Waals surface area contributed by atoms with Crippen molar-refractivity contribution in [3.8, 4) is 0 Å². The van der Waals surface area contributed by atoms with Gasteiger partial charge in [0, 0.05) is 0 Å². The summed E-state index contributed by atoms with van der Waals surface area (Å²) >= 11 is 1.05. The highest BCUT2D eigenvalue weighted by molar-refractivity contribution is 7.99. The highest BCUT2D eigenvalue weighted by Gasteiger charge is 2.43. The third kappa shape index (κ3) is 2.16. The molecule has 3 atom stereocenters. The number of carboxylic acid groups (broad SMARTS) is 1. The van der Waals surface area contributed by atoms with Crippen LogP contribution in [0, 0.1) is 0 Å². The van der Waals surface area contributed by atoms with E-state index in [1.807, 2.05) is 0 Å². The molecule has 2 saturated heterocycles. The van der Waals surface area contributed by atoms with Crippen LogP contribution in [0.3, 0.4) is 0 Å². The van der Waals surface area contributed by atoms with E-state index >= 15 is 0 Å². The molecule has 2 aliphatic heterocycles. The maximum atomic E-state index is 10.4. The SMILES string of the molecule is O=C(O)CSc1nc(C2CC3CCC2O3)no1.